The largest absolute Gasteiger partial charge is 0.352 e. The van der Waals surface area contributed by atoms with E-state index in [2.05, 4.69) is 16.0 Å². The Bertz CT molecular complexity index is 869. The zero-order valence-corrected chi connectivity index (χ0v) is 15.1. The van der Waals surface area contributed by atoms with Crippen molar-refractivity contribution in [2.24, 2.45) is 5.73 Å². The first-order valence-electron chi connectivity index (χ1n) is 8.88. The van der Waals surface area contributed by atoms with Crippen LogP contribution >= 0.6 is 0 Å². The zero-order chi connectivity index (χ0) is 19.4. The molecule has 1 heterocycles. The minimum absolute atomic E-state index is 0.0497. The summed E-state index contributed by atoms with van der Waals surface area (Å²) in [7, 11) is 0. The van der Waals surface area contributed by atoms with Gasteiger partial charge in [-0.1, -0.05) is 30.3 Å². The highest BCUT2D eigenvalue weighted by molar-refractivity contribution is 5.92. The molecule has 2 aromatic carbocycles. The summed E-state index contributed by atoms with van der Waals surface area (Å²) >= 11 is 0. The van der Waals surface area contributed by atoms with Crippen LogP contribution in [0.25, 0.3) is 0 Å². The Hall–Kier alpha value is -2.93. The number of nitrogens with one attached hydrogen (secondary N) is 3. The van der Waals surface area contributed by atoms with E-state index in [0.29, 0.717) is 25.1 Å². The van der Waals surface area contributed by atoms with E-state index in [0.717, 1.165) is 16.7 Å². The second-order valence-corrected chi connectivity index (χ2v) is 6.66. The highest BCUT2D eigenvalue weighted by Gasteiger charge is 2.21. The molecule has 0 bridgehead atoms. The number of carbonyl (C=O) groups is 2. The molecule has 0 saturated heterocycles. The van der Waals surface area contributed by atoms with E-state index in [-0.39, 0.29) is 12.1 Å². The number of benzene rings is 2. The molecule has 0 radical (unpaired) electrons. The molecule has 27 heavy (non-hydrogen) atoms. The van der Waals surface area contributed by atoms with Gasteiger partial charge in [0, 0.05) is 6.54 Å². The summed E-state index contributed by atoms with van der Waals surface area (Å²) in [5.74, 6) is -0.789. The number of anilines is 1. The number of aryl methyl sites for hydroxylation is 1. The van der Waals surface area contributed by atoms with Gasteiger partial charge in [-0.2, -0.15) is 0 Å². The molecule has 1 unspecified atom stereocenters. The van der Waals surface area contributed by atoms with Crippen molar-refractivity contribution in [1.82, 2.24) is 10.6 Å². The van der Waals surface area contributed by atoms with Gasteiger partial charge in [0.2, 0.25) is 5.91 Å². The zero-order valence-electron chi connectivity index (χ0n) is 15.1. The molecule has 0 spiro atoms. The van der Waals surface area contributed by atoms with Gasteiger partial charge in [-0.05, 0) is 48.2 Å². The van der Waals surface area contributed by atoms with E-state index in [1.807, 2.05) is 37.3 Å². The smallest absolute Gasteiger partial charge is 0.312 e. The summed E-state index contributed by atoms with van der Waals surface area (Å²) in [6.07, 6.45) is 0.534. The fraction of sp³-hybridized carbons (Fsp3) is 0.300. The predicted octanol–water partition coefficient (Wildman–Crippen LogP) is 2.52. The lowest BCUT2D eigenvalue weighted by Crippen LogP contribution is -2.35. The molecule has 0 aliphatic carbocycles. The Morgan fingerprint density at radius 2 is 2.04 bits per heavy atom. The third-order valence-corrected chi connectivity index (χ3v) is 4.75. The number of hydrogen-bond acceptors (Lipinski definition) is 3. The number of fused-ring (bicyclic) bond motifs is 1. The van der Waals surface area contributed by atoms with Gasteiger partial charge in [0.25, 0.3) is 0 Å². The normalized spacial score (nSPS) is 14.1. The van der Waals surface area contributed by atoms with E-state index < -0.39 is 23.8 Å². The highest BCUT2D eigenvalue weighted by atomic mass is 19.1. The molecular formula is C20H23FN4O2. The molecule has 1 aliphatic rings. The maximum atomic E-state index is 14.7. The summed E-state index contributed by atoms with van der Waals surface area (Å²) in [6, 6.07) is 9.50. The molecule has 3 rings (SSSR count). The van der Waals surface area contributed by atoms with E-state index in [1.165, 1.54) is 0 Å². The number of primary amides is 1. The van der Waals surface area contributed by atoms with Crippen LogP contribution in [-0.2, 0) is 17.8 Å². The fourth-order valence-corrected chi connectivity index (χ4v) is 3.40. The number of urea groups is 1. The van der Waals surface area contributed by atoms with Crippen LogP contribution in [0.2, 0.25) is 0 Å². The first-order chi connectivity index (χ1) is 13.0. The monoisotopic (exact) mass is 370 g/mol. The van der Waals surface area contributed by atoms with E-state index in [9.17, 15) is 14.0 Å². The molecule has 0 fully saturated rings. The number of nitrogens with two attached hydrogens (primary N) is 1. The summed E-state index contributed by atoms with van der Waals surface area (Å²) in [6.45, 7) is 3.22. The number of halogens is 1. The quantitative estimate of drug-likeness (QED) is 0.651. The number of rotatable bonds is 5. The number of amides is 3. The minimum Gasteiger partial charge on any atom is -0.352 e. The molecule has 0 aromatic heterocycles. The lowest BCUT2D eigenvalue weighted by molar-refractivity contribution is -0.116. The van der Waals surface area contributed by atoms with Crippen LogP contribution in [0.4, 0.5) is 14.9 Å². The van der Waals surface area contributed by atoms with Crippen LogP contribution in [0.15, 0.2) is 36.4 Å². The molecule has 6 nitrogen and oxygen atoms in total. The lowest BCUT2D eigenvalue weighted by Gasteiger charge is -2.21. The van der Waals surface area contributed by atoms with Gasteiger partial charge in [0.15, 0.2) is 0 Å². The standard InChI is InChI=1S/C20H23FN4O2/c1-12-4-2-3-5-14(12)17(25-20(22)27)10-18(26)24-16-7-6-13-11-23-9-8-15(13)19(16)21/h2-7,17,23H,8-11H2,1H3,(H,24,26)(H3,22,25,27). The van der Waals surface area contributed by atoms with Crippen LogP contribution in [0.3, 0.4) is 0 Å². The van der Waals surface area contributed by atoms with Crippen molar-refractivity contribution in [3.8, 4) is 0 Å². The van der Waals surface area contributed by atoms with Crippen molar-refractivity contribution >= 4 is 17.6 Å². The number of hydrogen-bond donors (Lipinski definition) is 4. The molecule has 142 valence electrons. The summed E-state index contributed by atoms with van der Waals surface area (Å²) < 4.78 is 14.7. The van der Waals surface area contributed by atoms with Crippen LogP contribution in [0.5, 0.6) is 0 Å². The molecular weight excluding hydrogens is 347 g/mol. The van der Waals surface area contributed by atoms with E-state index >= 15 is 0 Å². The van der Waals surface area contributed by atoms with Gasteiger partial charge in [-0.15, -0.1) is 0 Å². The fourth-order valence-electron chi connectivity index (χ4n) is 3.40. The maximum absolute atomic E-state index is 14.7. The van der Waals surface area contributed by atoms with Crippen LogP contribution in [0, 0.1) is 12.7 Å². The summed E-state index contributed by atoms with van der Waals surface area (Å²) in [5.41, 5.74) is 8.68. The second-order valence-electron chi connectivity index (χ2n) is 6.66. The summed E-state index contributed by atoms with van der Waals surface area (Å²) in [5, 5.41) is 8.41. The maximum Gasteiger partial charge on any atom is 0.312 e. The van der Waals surface area contributed by atoms with Crippen LogP contribution < -0.4 is 21.7 Å². The topological polar surface area (TPSA) is 96.2 Å². The average Bonchev–Trinajstić information content (AvgIpc) is 2.64. The van der Waals surface area contributed by atoms with Gasteiger partial charge in [0.05, 0.1) is 18.2 Å². The average molecular weight is 370 g/mol. The Morgan fingerprint density at radius 1 is 1.26 bits per heavy atom. The first kappa shape index (κ1) is 18.8. The number of carbonyl (C=O) groups excluding carboxylic acids is 2. The highest BCUT2D eigenvalue weighted by Crippen LogP contribution is 2.26. The first-order valence-corrected chi connectivity index (χ1v) is 8.88. The van der Waals surface area contributed by atoms with Crippen molar-refractivity contribution in [3.05, 3.63) is 64.5 Å². The molecule has 7 heteroatoms. The van der Waals surface area contributed by atoms with E-state index in [4.69, 9.17) is 5.73 Å². The third-order valence-electron chi connectivity index (χ3n) is 4.75. The summed E-state index contributed by atoms with van der Waals surface area (Å²) in [4.78, 5) is 23.9. The van der Waals surface area contributed by atoms with Crippen LogP contribution in [0.1, 0.15) is 34.7 Å². The molecule has 2 aromatic rings. The van der Waals surface area contributed by atoms with Crippen molar-refractivity contribution in [2.75, 3.05) is 11.9 Å². The Balaban J connectivity index is 1.77. The van der Waals surface area contributed by atoms with Crippen molar-refractivity contribution in [3.63, 3.8) is 0 Å². The Labute approximate surface area is 157 Å². The molecule has 1 aliphatic heterocycles. The Kier molecular flexibility index (Phi) is 5.71. The predicted molar refractivity (Wildman–Crippen MR) is 102 cm³/mol. The van der Waals surface area contributed by atoms with Gasteiger partial charge >= 0.3 is 6.03 Å². The lowest BCUT2D eigenvalue weighted by atomic mass is 9.98. The van der Waals surface area contributed by atoms with Crippen molar-refractivity contribution < 1.29 is 14.0 Å². The van der Waals surface area contributed by atoms with Gasteiger partial charge in [0.1, 0.15) is 5.82 Å². The molecule has 1 atom stereocenters. The van der Waals surface area contributed by atoms with Gasteiger partial charge < -0.3 is 21.7 Å². The van der Waals surface area contributed by atoms with Crippen LogP contribution in [-0.4, -0.2) is 18.5 Å². The van der Waals surface area contributed by atoms with E-state index in [1.54, 1.807) is 6.07 Å². The SMILES string of the molecule is Cc1ccccc1C(CC(=O)Nc1ccc2c(c1F)CCNC2)NC(N)=O. The second kappa shape index (κ2) is 8.18. The minimum atomic E-state index is -0.719. The third kappa shape index (κ3) is 4.43. The van der Waals surface area contributed by atoms with Gasteiger partial charge in [-0.3, -0.25) is 4.79 Å². The molecule has 3 amide bonds. The Morgan fingerprint density at radius 3 is 2.78 bits per heavy atom. The molecule has 5 N–H and O–H groups in total. The van der Waals surface area contributed by atoms with Crippen molar-refractivity contribution in [2.45, 2.75) is 32.4 Å². The van der Waals surface area contributed by atoms with Crippen molar-refractivity contribution in [1.29, 1.82) is 0 Å². The van der Waals surface area contributed by atoms with Gasteiger partial charge in [-0.25, -0.2) is 9.18 Å². The molecule has 0 saturated carbocycles.